The van der Waals surface area contributed by atoms with Crippen LogP contribution in [0.5, 0.6) is 11.8 Å². The van der Waals surface area contributed by atoms with Gasteiger partial charge in [0.15, 0.2) is 11.6 Å². The van der Waals surface area contributed by atoms with E-state index in [1.165, 1.54) is 12.1 Å². The summed E-state index contributed by atoms with van der Waals surface area (Å²) < 4.78 is 19.3. The number of aromatic nitrogens is 2. The lowest BCUT2D eigenvalue weighted by Gasteiger charge is -2.05. The molecule has 88 valence electrons. The van der Waals surface area contributed by atoms with Crippen LogP contribution in [0, 0.1) is 5.82 Å². The van der Waals surface area contributed by atoms with Crippen LogP contribution in [0.2, 0.25) is 0 Å². The highest BCUT2D eigenvalue weighted by molar-refractivity contribution is 9.10. The molecule has 0 saturated heterocycles. The molecule has 0 radical (unpaired) electrons. The molecule has 1 heterocycles. The Morgan fingerprint density at radius 1 is 1.29 bits per heavy atom. The number of rotatable bonds is 3. The van der Waals surface area contributed by atoms with Crippen molar-refractivity contribution in [1.29, 1.82) is 0 Å². The zero-order chi connectivity index (χ0) is 12.3. The minimum atomic E-state index is -0.481. The first-order valence-electron chi connectivity index (χ1n) is 4.83. The van der Waals surface area contributed by atoms with Crippen molar-refractivity contribution in [2.45, 2.75) is 6.54 Å². The third kappa shape index (κ3) is 2.98. The SMILES string of the molecule is NCc1cnc(Oc2ccc(Br)cc2F)nc1. The maximum atomic E-state index is 13.5. The van der Waals surface area contributed by atoms with Crippen molar-refractivity contribution < 1.29 is 9.13 Å². The van der Waals surface area contributed by atoms with Crippen molar-refractivity contribution in [3.05, 3.63) is 46.4 Å². The summed E-state index contributed by atoms with van der Waals surface area (Å²) in [6.07, 6.45) is 3.08. The van der Waals surface area contributed by atoms with Crippen molar-refractivity contribution in [1.82, 2.24) is 9.97 Å². The first kappa shape index (κ1) is 11.9. The Labute approximate surface area is 106 Å². The largest absolute Gasteiger partial charge is 0.421 e. The maximum absolute atomic E-state index is 13.5. The standard InChI is InChI=1S/C11H9BrFN3O/c12-8-1-2-10(9(13)3-8)17-11-15-5-7(4-14)6-16-11/h1-3,5-6H,4,14H2. The van der Waals surface area contributed by atoms with Crippen LogP contribution in [0.3, 0.4) is 0 Å². The number of halogens is 2. The molecule has 0 aliphatic heterocycles. The lowest BCUT2D eigenvalue weighted by atomic mass is 10.3. The molecule has 6 heteroatoms. The van der Waals surface area contributed by atoms with E-state index < -0.39 is 5.82 Å². The topological polar surface area (TPSA) is 61.0 Å². The van der Waals surface area contributed by atoms with Gasteiger partial charge in [-0.1, -0.05) is 15.9 Å². The molecule has 0 aliphatic rings. The van der Waals surface area contributed by atoms with E-state index in [1.54, 1.807) is 18.5 Å². The van der Waals surface area contributed by atoms with Crippen molar-refractivity contribution in [3.8, 4) is 11.8 Å². The molecule has 2 aromatic rings. The summed E-state index contributed by atoms with van der Waals surface area (Å²) in [6, 6.07) is 4.57. The molecule has 0 aliphatic carbocycles. The summed E-state index contributed by atoms with van der Waals surface area (Å²) in [5, 5.41) is 0. The Morgan fingerprint density at radius 2 is 2.00 bits per heavy atom. The van der Waals surface area contributed by atoms with Gasteiger partial charge >= 0.3 is 6.01 Å². The van der Waals surface area contributed by atoms with Crippen LogP contribution < -0.4 is 10.5 Å². The molecule has 4 nitrogen and oxygen atoms in total. The van der Waals surface area contributed by atoms with Crippen LogP contribution in [0.1, 0.15) is 5.56 Å². The number of ether oxygens (including phenoxy) is 1. The molecule has 2 rings (SSSR count). The molecule has 0 unspecified atom stereocenters. The van der Waals surface area contributed by atoms with E-state index in [9.17, 15) is 4.39 Å². The Hall–Kier alpha value is -1.53. The first-order chi connectivity index (χ1) is 8.19. The molecular formula is C11H9BrFN3O. The smallest absolute Gasteiger partial charge is 0.321 e. The molecule has 0 amide bonds. The fraction of sp³-hybridized carbons (Fsp3) is 0.0909. The normalized spacial score (nSPS) is 10.3. The predicted octanol–water partition coefficient (Wildman–Crippen LogP) is 2.63. The van der Waals surface area contributed by atoms with Gasteiger partial charge < -0.3 is 10.5 Å². The molecule has 0 saturated carbocycles. The molecular weight excluding hydrogens is 289 g/mol. The number of benzene rings is 1. The van der Waals surface area contributed by atoms with Crippen LogP contribution in [-0.4, -0.2) is 9.97 Å². The summed E-state index contributed by atoms with van der Waals surface area (Å²) >= 11 is 3.16. The number of nitrogens with zero attached hydrogens (tertiary/aromatic N) is 2. The Morgan fingerprint density at radius 3 is 2.59 bits per heavy atom. The van der Waals surface area contributed by atoms with Crippen LogP contribution in [0.15, 0.2) is 35.1 Å². The fourth-order valence-corrected chi connectivity index (χ4v) is 1.49. The Kier molecular flexibility index (Phi) is 3.65. The minimum Gasteiger partial charge on any atom is -0.421 e. The van der Waals surface area contributed by atoms with E-state index in [4.69, 9.17) is 10.5 Å². The second-order valence-corrected chi connectivity index (χ2v) is 4.17. The lowest BCUT2D eigenvalue weighted by Crippen LogP contribution is -1.99. The second kappa shape index (κ2) is 5.20. The molecule has 0 atom stereocenters. The third-order valence-electron chi connectivity index (χ3n) is 2.01. The molecule has 2 N–H and O–H groups in total. The zero-order valence-corrected chi connectivity index (χ0v) is 10.3. The van der Waals surface area contributed by atoms with E-state index in [0.717, 1.165) is 5.56 Å². The van der Waals surface area contributed by atoms with Crippen molar-refractivity contribution in [2.24, 2.45) is 5.73 Å². The average Bonchev–Trinajstić information content (AvgIpc) is 2.34. The minimum absolute atomic E-state index is 0.0775. The molecule has 0 bridgehead atoms. The van der Waals surface area contributed by atoms with E-state index in [0.29, 0.717) is 11.0 Å². The Bertz CT molecular complexity index is 519. The Balaban J connectivity index is 2.19. The van der Waals surface area contributed by atoms with Crippen LogP contribution >= 0.6 is 15.9 Å². The zero-order valence-electron chi connectivity index (χ0n) is 8.73. The van der Waals surface area contributed by atoms with Gasteiger partial charge in [-0.15, -0.1) is 0 Å². The quantitative estimate of drug-likeness (QED) is 0.946. The van der Waals surface area contributed by atoms with Gasteiger partial charge in [-0.3, -0.25) is 0 Å². The number of hydrogen-bond donors (Lipinski definition) is 1. The van der Waals surface area contributed by atoms with Crippen molar-refractivity contribution >= 4 is 15.9 Å². The maximum Gasteiger partial charge on any atom is 0.321 e. The summed E-state index contributed by atoms with van der Waals surface area (Å²) in [6.45, 7) is 0.354. The number of hydrogen-bond acceptors (Lipinski definition) is 4. The molecule has 1 aromatic carbocycles. The molecule has 0 spiro atoms. The van der Waals surface area contributed by atoms with Crippen molar-refractivity contribution in [2.75, 3.05) is 0 Å². The molecule has 17 heavy (non-hydrogen) atoms. The van der Waals surface area contributed by atoms with Gasteiger partial charge in [0, 0.05) is 29.0 Å². The summed E-state index contributed by atoms with van der Waals surface area (Å²) in [5.74, 6) is -0.403. The lowest BCUT2D eigenvalue weighted by molar-refractivity contribution is 0.410. The van der Waals surface area contributed by atoms with Gasteiger partial charge in [0.2, 0.25) is 0 Å². The van der Waals surface area contributed by atoms with Gasteiger partial charge in [0.1, 0.15) is 0 Å². The van der Waals surface area contributed by atoms with E-state index in [-0.39, 0.29) is 11.8 Å². The van der Waals surface area contributed by atoms with E-state index in [2.05, 4.69) is 25.9 Å². The third-order valence-corrected chi connectivity index (χ3v) is 2.51. The van der Waals surface area contributed by atoms with E-state index in [1.807, 2.05) is 0 Å². The van der Waals surface area contributed by atoms with Gasteiger partial charge in [-0.05, 0) is 18.2 Å². The summed E-state index contributed by atoms with van der Waals surface area (Å²) in [5.41, 5.74) is 6.19. The monoisotopic (exact) mass is 297 g/mol. The number of nitrogens with two attached hydrogens (primary N) is 1. The second-order valence-electron chi connectivity index (χ2n) is 3.25. The van der Waals surface area contributed by atoms with Crippen molar-refractivity contribution in [3.63, 3.8) is 0 Å². The molecule has 0 fully saturated rings. The summed E-state index contributed by atoms with van der Waals surface area (Å²) in [4.78, 5) is 7.83. The highest BCUT2D eigenvalue weighted by atomic mass is 79.9. The van der Waals surface area contributed by atoms with Gasteiger partial charge in [0.25, 0.3) is 0 Å². The highest BCUT2D eigenvalue weighted by Crippen LogP contribution is 2.24. The van der Waals surface area contributed by atoms with Crippen LogP contribution in [0.25, 0.3) is 0 Å². The highest BCUT2D eigenvalue weighted by Gasteiger charge is 2.06. The summed E-state index contributed by atoms with van der Waals surface area (Å²) in [7, 11) is 0. The van der Waals surface area contributed by atoms with Gasteiger partial charge in [-0.25, -0.2) is 14.4 Å². The van der Waals surface area contributed by atoms with E-state index >= 15 is 0 Å². The molecule has 1 aromatic heterocycles. The average molecular weight is 298 g/mol. The predicted molar refractivity (Wildman–Crippen MR) is 64.1 cm³/mol. The van der Waals surface area contributed by atoms with Crippen LogP contribution in [0.4, 0.5) is 4.39 Å². The first-order valence-corrected chi connectivity index (χ1v) is 5.62. The van der Waals surface area contributed by atoms with Gasteiger partial charge in [-0.2, -0.15) is 0 Å². The fourth-order valence-electron chi connectivity index (χ4n) is 1.16. The van der Waals surface area contributed by atoms with Crippen LogP contribution in [-0.2, 0) is 6.54 Å². The van der Waals surface area contributed by atoms with Gasteiger partial charge in [0.05, 0.1) is 0 Å².